The Morgan fingerprint density at radius 1 is 1.28 bits per heavy atom. The number of benzene rings is 1. The van der Waals surface area contributed by atoms with Gasteiger partial charge in [0.1, 0.15) is 6.07 Å². The van der Waals surface area contributed by atoms with E-state index in [0.29, 0.717) is 27.9 Å². The Bertz CT molecular complexity index is 935. The van der Waals surface area contributed by atoms with Gasteiger partial charge in [0, 0.05) is 18.0 Å². The molecule has 0 aliphatic carbocycles. The van der Waals surface area contributed by atoms with Gasteiger partial charge in [-0.15, -0.1) is 11.3 Å². The minimum atomic E-state index is -0.644. The van der Waals surface area contributed by atoms with Crippen LogP contribution in [0.5, 0.6) is 11.5 Å². The Hall–Kier alpha value is -3.02. The van der Waals surface area contributed by atoms with Crippen molar-refractivity contribution < 1.29 is 23.8 Å². The summed E-state index contributed by atoms with van der Waals surface area (Å²) in [6.07, 6.45) is 2.75. The molecule has 0 atom stereocenters. The highest BCUT2D eigenvalue weighted by Gasteiger charge is 2.12. The Morgan fingerprint density at radius 2 is 2.07 bits per heavy atom. The fraction of sp³-hybridized carbons (Fsp3) is 0.250. The number of methoxy groups -OCH3 is 1. The molecule has 0 fully saturated rings. The lowest BCUT2D eigenvalue weighted by Crippen LogP contribution is -2.30. The Morgan fingerprint density at radius 3 is 2.72 bits per heavy atom. The van der Waals surface area contributed by atoms with Gasteiger partial charge in [0.15, 0.2) is 24.7 Å². The summed E-state index contributed by atoms with van der Waals surface area (Å²) in [5.74, 6) is -0.109. The van der Waals surface area contributed by atoms with Crippen molar-refractivity contribution >= 4 is 40.9 Å². The van der Waals surface area contributed by atoms with Crippen LogP contribution in [0.1, 0.15) is 10.4 Å². The number of hydrogen-bond donors (Lipinski definition) is 0. The first-order chi connectivity index (χ1) is 13.9. The third-order valence-corrected chi connectivity index (χ3v) is 4.89. The molecule has 0 radical (unpaired) electrons. The molecule has 0 spiro atoms. The van der Waals surface area contributed by atoms with E-state index < -0.39 is 5.97 Å². The minimum Gasteiger partial charge on any atom is -0.493 e. The van der Waals surface area contributed by atoms with Crippen molar-refractivity contribution in [2.75, 3.05) is 27.4 Å². The molecule has 1 aromatic carbocycles. The summed E-state index contributed by atoms with van der Waals surface area (Å²) in [6.45, 7) is -0.0630. The maximum absolute atomic E-state index is 12.1. The topological polar surface area (TPSA) is 88.9 Å². The summed E-state index contributed by atoms with van der Waals surface area (Å²) in [7, 11) is 3.10. The molecule has 152 valence electrons. The molecule has 0 saturated heterocycles. The van der Waals surface area contributed by atoms with Crippen LogP contribution in [0.3, 0.4) is 0 Å². The Balaban J connectivity index is 1.85. The molecule has 0 unspecified atom stereocenters. The number of likely N-dealkylation sites (N-methyl/N-ethyl adjacent to an activating group) is 1. The van der Waals surface area contributed by atoms with E-state index in [-0.39, 0.29) is 19.1 Å². The molecule has 2 aromatic rings. The molecule has 1 aromatic heterocycles. The monoisotopic (exact) mass is 434 g/mol. The van der Waals surface area contributed by atoms with Crippen molar-refractivity contribution in [2.24, 2.45) is 0 Å². The summed E-state index contributed by atoms with van der Waals surface area (Å²) in [6, 6.07) is 10.5. The van der Waals surface area contributed by atoms with E-state index in [2.05, 4.69) is 0 Å². The fourth-order valence-electron chi connectivity index (χ4n) is 2.23. The molecule has 0 bridgehead atoms. The number of hydrogen-bond acceptors (Lipinski definition) is 7. The van der Waals surface area contributed by atoms with E-state index >= 15 is 0 Å². The van der Waals surface area contributed by atoms with Gasteiger partial charge in [-0.1, -0.05) is 17.7 Å². The molecule has 0 N–H and O–H groups in total. The molecule has 7 nitrogen and oxygen atoms in total. The van der Waals surface area contributed by atoms with Gasteiger partial charge in [0.05, 0.1) is 18.0 Å². The number of esters is 1. The van der Waals surface area contributed by atoms with Gasteiger partial charge in [-0.05, 0) is 35.9 Å². The van der Waals surface area contributed by atoms with Gasteiger partial charge in [-0.25, -0.2) is 4.79 Å². The van der Waals surface area contributed by atoms with E-state index in [1.807, 2.05) is 12.1 Å². The highest BCUT2D eigenvalue weighted by atomic mass is 35.5. The average molecular weight is 435 g/mol. The first-order valence-corrected chi connectivity index (χ1v) is 9.63. The number of halogens is 1. The van der Waals surface area contributed by atoms with Crippen LogP contribution in [-0.4, -0.2) is 44.1 Å². The number of ether oxygens (including phenoxy) is 3. The molecule has 29 heavy (non-hydrogen) atoms. The van der Waals surface area contributed by atoms with Crippen molar-refractivity contribution in [3.8, 4) is 17.6 Å². The SMILES string of the molecule is COc1cc(/C=C/C(=O)OCC(=O)N(C)Cc2ccc(Cl)s2)ccc1OCC#N. The van der Waals surface area contributed by atoms with E-state index in [9.17, 15) is 9.59 Å². The summed E-state index contributed by atoms with van der Waals surface area (Å²) in [4.78, 5) is 26.4. The zero-order valence-corrected chi connectivity index (χ0v) is 17.5. The maximum Gasteiger partial charge on any atom is 0.331 e. The van der Waals surface area contributed by atoms with Gasteiger partial charge in [0.2, 0.25) is 0 Å². The quantitative estimate of drug-likeness (QED) is 0.443. The van der Waals surface area contributed by atoms with Crippen molar-refractivity contribution in [1.29, 1.82) is 5.26 Å². The van der Waals surface area contributed by atoms with E-state index in [1.54, 1.807) is 31.3 Å². The van der Waals surface area contributed by atoms with Crippen LogP contribution < -0.4 is 9.47 Å². The van der Waals surface area contributed by atoms with Crippen LogP contribution in [0.25, 0.3) is 6.08 Å². The predicted molar refractivity (Wildman–Crippen MR) is 110 cm³/mol. The maximum atomic E-state index is 12.1. The third kappa shape index (κ3) is 7.14. The highest BCUT2D eigenvalue weighted by Crippen LogP contribution is 2.28. The highest BCUT2D eigenvalue weighted by molar-refractivity contribution is 7.16. The van der Waals surface area contributed by atoms with E-state index in [0.717, 1.165) is 4.88 Å². The number of thiophene rings is 1. The summed E-state index contributed by atoms with van der Waals surface area (Å²) in [5.41, 5.74) is 0.668. The molecule has 0 saturated carbocycles. The second-order valence-electron chi connectivity index (χ2n) is 5.75. The fourth-order valence-corrected chi connectivity index (χ4v) is 3.37. The Labute approximate surface area is 177 Å². The van der Waals surface area contributed by atoms with Crippen LogP contribution in [-0.2, 0) is 20.9 Å². The largest absolute Gasteiger partial charge is 0.493 e. The smallest absolute Gasteiger partial charge is 0.331 e. The number of amides is 1. The molecule has 0 aliphatic heterocycles. The van der Waals surface area contributed by atoms with Gasteiger partial charge >= 0.3 is 5.97 Å². The lowest BCUT2D eigenvalue weighted by Gasteiger charge is -2.15. The molecule has 1 heterocycles. The number of nitrogens with zero attached hydrogens (tertiary/aromatic N) is 2. The van der Waals surface area contributed by atoms with Crippen LogP contribution in [0, 0.1) is 11.3 Å². The molecule has 9 heteroatoms. The van der Waals surface area contributed by atoms with Gasteiger partial charge in [0.25, 0.3) is 5.91 Å². The standard InChI is InChI=1S/C20H19ClN2O5S/c1-23(12-15-5-7-18(21)29-15)19(24)13-28-20(25)8-4-14-3-6-16(27-10-9-22)17(11-14)26-2/h3-8,11H,10,12-13H2,1-2H3/b8-4+. The number of carbonyl (C=O) groups is 2. The summed E-state index contributed by atoms with van der Waals surface area (Å²) < 4.78 is 16.1. The minimum absolute atomic E-state index is 0.0974. The molecular formula is C20H19ClN2O5S. The first kappa shape index (κ1) is 22.3. The molecule has 1 amide bonds. The van der Waals surface area contributed by atoms with Crippen LogP contribution in [0.15, 0.2) is 36.4 Å². The predicted octanol–water partition coefficient (Wildman–Crippen LogP) is 3.53. The van der Waals surface area contributed by atoms with Crippen molar-refractivity contribution in [3.63, 3.8) is 0 Å². The Kier molecular flexibility index (Phi) is 8.52. The van der Waals surface area contributed by atoms with Crippen molar-refractivity contribution in [1.82, 2.24) is 4.90 Å². The summed E-state index contributed by atoms with van der Waals surface area (Å²) in [5, 5.41) is 8.58. The molecule has 0 aliphatic rings. The van der Waals surface area contributed by atoms with Crippen molar-refractivity contribution in [2.45, 2.75) is 6.54 Å². The van der Waals surface area contributed by atoms with Crippen LogP contribution in [0.4, 0.5) is 0 Å². The third-order valence-electron chi connectivity index (χ3n) is 3.68. The average Bonchev–Trinajstić information content (AvgIpc) is 3.13. The van der Waals surface area contributed by atoms with Gasteiger partial charge in [-0.2, -0.15) is 5.26 Å². The van der Waals surface area contributed by atoms with Gasteiger partial charge in [-0.3, -0.25) is 4.79 Å². The first-order valence-electron chi connectivity index (χ1n) is 8.43. The second kappa shape index (κ2) is 11.1. The zero-order valence-electron chi connectivity index (χ0n) is 15.9. The van der Waals surface area contributed by atoms with E-state index in [4.69, 9.17) is 31.1 Å². The summed E-state index contributed by atoms with van der Waals surface area (Å²) >= 11 is 7.26. The van der Waals surface area contributed by atoms with Gasteiger partial charge < -0.3 is 19.1 Å². The lowest BCUT2D eigenvalue weighted by atomic mass is 10.2. The lowest BCUT2D eigenvalue weighted by molar-refractivity contribution is -0.147. The number of rotatable bonds is 9. The van der Waals surface area contributed by atoms with Crippen molar-refractivity contribution in [3.05, 3.63) is 51.2 Å². The molecular weight excluding hydrogens is 416 g/mol. The normalized spacial score (nSPS) is 10.4. The zero-order chi connectivity index (χ0) is 21.2. The van der Waals surface area contributed by atoms with Crippen LogP contribution in [0.2, 0.25) is 4.34 Å². The number of carbonyl (C=O) groups excluding carboxylic acids is 2. The number of nitriles is 1. The second-order valence-corrected chi connectivity index (χ2v) is 7.55. The molecule has 2 rings (SSSR count). The van der Waals surface area contributed by atoms with Crippen LogP contribution >= 0.6 is 22.9 Å². The van der Waals surface area contributed by atoms with E-state index in [1.165, 1.54) is 35.5 Å².